The summed E-state index contributed by atoms with van der Waals surface area (Å²) in [5, 5.41) is 0. The lowest BCUT2D eigenvalue weighted by Gasteiger charge is -2.34. The van der Waals surface area contributed by atoms with E-state index in [9.17, 15) is 0 Å². The molecule has 3 heteroatoms. The number of methoxy groups -OCH3 is 1. The minimum atomic E-state index is 0.689. The largest absolute Gasteiger partial charge is 0.497 e. The Balaban J connectivity index is 2.03. The quantitative estimate of drug-likeness (QED) is 0.846. The van der Waals surface area contributed by atoms with Gasteiger partial charge in [-0.15, -0.1) is 0 Å². The van der Waals surface area contributed by atoms with Crippen molar-refractivity contribution in [3.05, 3.63) is 23.8 Å². The predicted molar refractivity (Wildman–Crippen MR) is 80.3 cm³/mol. The zero-order valence-corrected chi connectivity index (χ0v) is 12.4. The lowest BCUT2D eigenvalue weighted by atomic mass is 9.86. The molecule has 1 saturated carbocycles. The SMILES string of the molecule is COc1ccc(N)c(CN(C)C2CCCC(C)C2)c1. The van der Waals surface area contributed by atoms with E-state index in [0.717, 1.165) is 23.9 Å². The van der Waals surface area contributed by atoms with Gasteiger partial charge in [0.05, 0.1) is 7.11 Å². The Hall–Kier alpha value is -1.22. The fourth-order valence-electron chi connectivity index (χ4n) is 3.05. The van der Waals surface area contributed by atoms with Crippen LogP contribution in [0.2, 0.25) is 0 Å². The number of hydrogen-bond acceptors (Lipinski definition) is 3. The van der Waals surface area contributed by atoms with E-state index < -0.39 is 0 Å². The first-order valence-corrected chi connectivity index (χ1v) is 7.22. The molecule has 3 nitrogen and oxygen atoms in total. The van der Waals surface area contributed by atoms with Crippen molar-refractivity contribution in [2.45, 2.75) is 45.2 Å². The lowest BCUT2D eigenvalue weighted by molar-refractivity contribution is 0.158. The van der Waals surface area contributed by atoms with Gasteiger partial charge in [-0.3, -0.25) is 4.90 Å². The second-order valence-electron chi connectivity index (χ2n) is 5.91. The van der Waals surface area contributed by atoms with Crippen LogP contribution in [0, 0.1) is 5.92 Å². The summed E-state index contributed by atoms with van der Waals surface area (Å²) in [6.07, 6.45) is 5.35. The first kappa shape index (κ1) is 14.2. The topological polar surface area (TPSA) is 38.5 Å². The molecular weight excluding hydrogens is 236 g/mol. The van der Waals surface area contributed by atoms with Gasteiger partial charge in [0, 0.05) is 18.3 Å². The van der Waals surface area contributed by atoms with Crippen LogP contribution < -0.4 is 10.5 Å². The fraction of sp³-hybridized carbons (Fsp3) is 0.625. The highest BCUT2D eigenvalue weighted by molar-refractivity contribution is 5.50. The standard InChI is InChI=1S/C16H26N2O/c1-12-5-4-6-14(9-12)18(2)11-13-10-15(19-3)7-8-16(13)17/h7-8,10,12,14H,4-6,9,11,17H2,1-3H3. The third-order valence-corrected chi connectivity index (χ3v) is 4.30. The molecule has 0 radical (unpaired) electrons. The van der Waals surface area contributed by atoms with Crippen LogP contribution in [0.15, 0.2) is 18.2 Å². The van der Waals surface area contributed by atoms with Gasteiger partial charge < -0.3 is 10.5 Å². The number of nitrogens with two attached hydrogens (primary N) is 1. The smallest absolute Gasteiger partial charge is 0.119 e. The van der Waals surface area contributed by atoms with Gasteiger partial charge in [0.2, 0.25) is 0 Å². The molecule has 0 heterocycles. The Morgan fingerprint density at radius 3 is 2.84 bits per heavy atom. The second-order valence-corrected chi connectivity index (χ2v) is 5.91. The minimum absolute atomic E-state index is 0.689. The van der Waals surface area contributed by atoms with Crippen molar-refractivity contribution < 1.29 is 4.74 Å². The molecule has 2 rings (SSSR count). The summed E-state index contributed by atoms with van der Waals surface area (Å²) in [6, 6.07) is 6.60. The van der Waals surface area contributed by atoms with Crippen LogP contribution >= 0.6 is 0 Å². The van der Waals surface area contributed by atoms with Gasteiger partial charge in [0.15, 0.2) is 0 Å². The molecule has 2 unspecified atom stereocenters. The molecule has 1 fully saturated rings. The molecule has 1 aromatic rings. The first-order valence-electron chi connectivity index (χ1n) is 7.22. The van der Waals surface area contributed by atoms with Crippen LogP contribution in [0.4, 0.5) is 5.69 Å². The van der Waals surface area contributed by atoms with E-state index in [-0.39, 0.29) is 0 Å². The molecule has 1 aliphatic carbocycles. The van der Waals surface area contributed by atoms with E-state index in [0.29, 0.717) is 6.04 Å². The van der Waals surface area contributed by atoms with E-state index in [1.54, 1.807) is 7.11 Å². The Morgan fingerprint density at radius 1 is 1.37 bits per heavy atom. The summed E-state index contributed by atoms with van der Waals surface area (Å²) in [6.45, 7) is 3.26. The van der Waals surface area contributed by atoms with E-state index in [2.05, 4.69) is 24.9 Å². The van der Waals surface area contributed by atoms with Gasteiger partial charge in [-0.25, -0.2) is 0 Å². The normalized spacial score (nSPS) is 23.6. The number of ether oxygens (including phenoxy) is 1. The molecule has 0 aliphatic heterocycles. The van der Waals surface area contributed by atoms with Gasteiger partial charge in [-0.2, -0.15) is 0 Å². The molecule has 0 saturated heterocycles. The third-order valence-electron chi connectivity index (χ3n) is 4.30. The Labute approximate surface area is 116 Å². The molecule has 19 heavy (non-hydrogen) atoms. The van der Waals surface area contributed by atoms with Crippen molar-refractivity contribution in [2.24, 2.45) is 5.92 Å². The highest BCUT2D eigenvalue weighted by atomic mass is 16.5. The molecule has 2 atom stereocenters. The zero-order valence-electron chi connectivity index (χ0n) is 12.4. The number of benzene rings is 1. The Bertz CT molecular complexity index is 419. The Kier molecular flexibility index (Phi) is 4.70. The van der Waals surface area contributed by atoms with Crippen molar-refractivity contribution in [3.63, 3.8) is 0 Å². The number of hydrogen-bond donors (Lipinski definition) is 1. The zero-order chi connectivity index (χ0) is 13.8. The average Bonchev–Trinajstić information content (AvgIpc) is 2.41. The average molecular weight is 262 g/mol. The van der Waals surface area contributed by atoms with E-state index in [4.69, 9.17) is 10.5 Å². The number of nitrogens with zero attached hydrogens (tertiary/aromatic N) is 1. The first-order chi connectivity index (χ1) is 9.10. The van der Waals surface area contributed by atoms with Crippen LogP contribution in [-0.4, -0.2) is 25.1 Å². The molecule has 0 aromatic heterocycles. The monoisotopic (exact) mass is 262 g/mol. The van der Waals surface area contributed by atoms with E-state index in [1.165, 1.54) is 31.2 Å². The van der Waals surface area contributed by atoms with Gasteiger partial charge in [0.1, 0.15) is 5.75 Å². The molecule has 106 valence electrons. The summed E-state index contributed by atoms with van der Waals surface area (Å²) >= 11 is 0. The predicted octanol–water partition coefficient (Wildman–Crippen LogP) is 3.29. The maximum absolute atomic E-state index is 6.07. The van der Waals surface area contributed by atoms with Crippen molar-refractivity contribution in [2.75, 3.05) is 19.9 Å². The van der Waals surface area contributed by atoms with Gasteiger partial charge in [-0.05, 0) is 49.6 Å². The number of nitrogen functional groups attached to an aromatic ring is 1. The lowest BCUT2D eigenvalue weighted by Crippen LogP contribution is -2.35. The molecule has 0 bridgehead atoms. The van der Waals surface area contributed by atoms with Crippen molar-refractivity contribution in [3.8, 4) is 5.75 Å². The molecule has 1 aromatic carbocycles. The van der Waals surface area contributed by atoms with Crippen LogP contribution in [0.5, 0.6) is 5.75 Å². The van der Waals surface area contributed by atoms with Gasteiger partial charge in [0.25, 0.3) is 0 Å². The second kappa shape index (κ2) is 6.29. The van der Waals surface area contributed by atoms with Crippen molar-refractivity contribution in [1.82, 2.24) is 4.90 Å². The van der Waals surface area contributed by atoms with Crippen molar-refractivity contribution in [1.29, 1.82) is 0 Å². The molecular formula is C16H26N2O. The molecule has 0 amide bonds. The van der Waals surface area contributed by atoms with Gasteiger partial charge in [-0.1, -0.05) is 19.8 Å². The third kappa shape index (κ3) is 3.63. The molecule has 0 spiro atoms. The molecule has 2 N–H and O–H groups in total. The highest BCUT2D eigenvalue weighted by Crippen LogP contribution is 2.28. The van der Waals surface area contributed by atoms with E-state index >= 15 is 0 Å². The fourth-order valence-corrected chi connectivity index (χ4v) is 3.05. The number of anilines is 1. The highest BCUT2D eigenvalue weighted by Gasteiger charge is 2.22. The summed E-state index contributed by atoms with van der Waals surface area (Å²) in [5.74, 6) is 1.73. The summed E-state index contributed by atoms with van der Waals surface area (Å²) in [7, 11) is 3.91. The summed E-state index contributed by atoms with van der Waals surface area (Å²) in [4.78, 5) is 2.45. The summed E-state index contributed by atoms with van der Waals surface area (Å²) < 4.78 is 5.28. The van der Waals surface area contributed by atoms with E-state index in [1.807, 2.05) is 12.1 Å². The summed E-state index contributed by atoms with van der Waals surface area (Å²) in [5.41, 5.74) is 8.09. The maximum Gasteiger partial charge on any atom is 0.119 e. The van der Waals surface area contributed by atoms with Crippen LogP contribution in [0.1, 0.15) is 38.2 Å². The van der Waals surface area contributed by atoms with Crippen LogP contribution in [-0.2, 0) is 6.54 Å². The maximum atomic E-state index is 6.07. The van der Waals surface area contributed by atoms with Crippen molar-refractivity contribution >= 4 is 5.69 Å². The van der Waals surface area contributed by atoms with Crippen LogP contribution in [0.25, 0.3) is 0 Å². The number of rotatable bonds is 4. The Morgan fingerprint density at radius 2 is 2.16 bits per heavy atom. The van der Waals surface area contributed by atoms with Crippen LogP contribution in [0.3, 0.4) is 0 Å². The molecule has 1 aliphatic rings. The minimum Gasteiger partial charge on any atom is -0.497 e. The van der Waals surface area contributed by atoms with Gasteiger partial charge >= 0.3 is 0 Å².